The number of hydrogen-bond acceptors (Lipinski definition) is 3. The van der Waals surface area contributed by atoms with Crippen molar-refractivity contribution >= 4 is 21.6 Å². The van der Waals surface area contributed by atoms with Crippen LogP contribution >= 0.6 is 11.6 Å². The number of nitrogens with one attached hydrogen (secondary N) is 2. The molecule has 4 nitrogen and oxygen atoms in total. The Morgan fingerprint density at radius 1 is 1.24 bits per heavy atom. The molecule has 0 aliphatic heterocycles. The largest absolute Gasteiger partial charge is 0.313 e. The number of halogens is 1. The van der Waals surface area contributed by atoms with Crippen LogP contribution in [0, 0.1) is 0 Å². The number of benzene rings is 1. The van der Waals surface area contributed by atoms with Crippen LogP contribution in [0.4, 0.5) is 0 Å². The van der Waals surface area contributed by atoms with Gasteiger partial charge in [-0.2, -0.15) is 0 Å². The summed E-state index contributed by atoms with van der Waals surface area (Å²) in [7, 11) is -3.41. The number of hydrogen-bond donors (Lipinski definition) is 2. The summed E-state index contributed by atoms with van der Waals surface area (Å²) in [5.74, 6) is 0. The highest BCUT2D eigenvalue weighted by Gasteiger charge is 2.14. The molecule has 1 aromatic carbocycles. The Kier molecular flexibility index (Phi) is 5.39. The van der Waals surface area contributed by atoms with Crippen molar-refractivity contribution in [2.24, 2.45) is 0 Å². The first-order chi connectivity index (χ1) is 8.01. The van der Waals surface area contributed by atoms with E-state index in [4.69, 9.17) is 11.6 Å². The van der Waals surface area contributed by atoms with Crippen molar-refractivity contribution in [3.05, 3.63) is 28.8 Å². The minimum atomic E-state index is -3.41. The maximum atomic E-state index is 11.8. The van der Waals surface area contributed by atoms with Crippen LogP contribution in [0.2, 0.25) is 5.02 Å². The molecule has 0 saturated carbocycles. The Morgan fingerprint density at radius 3 is 2.53 bits per heavy atom. The summed E-state index contributed by atoms with van der Waals surface area (Å²) in [6.45, 7) is 5.46. The van der Waals surface area contributed by atoms with Gasteiger partial charge in [0.25, 0.3) is 0 Å². The molecule has 96 valence electrons. The maximum Gasteiger partial charge on any atom is 0.240 e. The predicted octanol–water partition coefficient (Wildman–Crippen LogP) is 1.75. The van der Waals surface area contributed by atoms with Crippen LogP contribution in [0.15, 0.2) is 23.1 Å². The summed E-state index contributed by atoms with van der Waals surface area (Å²) in [5, 5.41) is 3.69. The Hall–Kier alpha value is -0.620. The first-order valence-corrected chi connectivity index (χ1v) is 7.36. The van der Waals surface area contributed by atoms with E-state index < -0.39 is 10.0 Å². The fourth-order valence-corrected chi connectivity index (χ4v) is 2.66. The van der Waals surface area contributed by atoms with Crippen LogP contribution in [0.3, 0.4) is 0 Å². The zero-order valence-electron chi connectivity index (χ0n) is 9.96. The van der Waals surface area contributed by atoms with E-state index in [1.165, 1.54) is 6.07 Å². The summed E-state index contributed by atoms with van der Waals surface area (Å²) in [4.78, 5) is 0.247. The van der Waals surface area contributed by atoms with Crippen LogP contribution in [0.5, 0.6) is 0 Å². The molecule has 0 heterocycles. The van der Waals surface area contributed by atoms with Crippen molar-refractivity contribution in [2.45, 2.75) is 25.3 Å². The van der Waals surface area contributed by atoms with Crippen molar-refractivity contribution in [1.82, 2.24) is 10.0 Å². The molecular formula is C11H17ClN2O2S. The second kappa shape index (κ2) is 6.35. The Morgan fingerprint density at radius 2 is 1.94 bits per heavy atom. The van der Waals surface area contributed by atoms with E-state index >= 15 is 0 Å². The van der Waals surface area contributed by atoms with Crippen molar-refractivity contribution < 1.29 is 8.42 Å². The molecule has 0 aromatic heterocycles. The van der Waals surface area contributed by atoms with Gasteiger partial charge in [-0.05, 0) is 30.3 Å². The summed E-state index contributed by atoms with van der Waals surface area (Å²) < 4.78 is 26.0. The molecule has 0 aliphatic carbocycles. The maximum absolute atomic E-state index is 11.8. The number of rotatable bonds is 6. The quantitative estimate of drug-likeness (QED) is 0.832. The lowest BCUT2D eigenvalue weighted by Gasteiger charge is -2.09. The first kappa shape index (κ1) is 14.4. The molecule has 2 N–H and O–H groups in total. The van der Waals surface area contributed by atoms with Gasteiger partial charge in [0.15, 0.2) is 0 Å². The predicted molar refractivity (Wildman–Crippen MR) is 69.7 cm³/mol. The van der Waals surface area contributed by atoms with Gasteiger partial charge in [0.2, 0.25) is 10.0 Å². The van der Waals surface area contributed by atoms with E-state index in [1.807, 2.05) is 6.92 Å². The molecule has 1 rings (SSSR count). The van der Waals surface area contributed by atoms with Crippen LogP contribution < -0.4 is 10.0 Å². The van der Waals surface area contributed by atoms with Crippen molar-refractivity contribution in [1.29, 1.82) is 0 Å². The zero-order chi connectivity index (χ0) is 12.9. The molecule has 1 aromatic rings. The van der Waals surface area contributed by atoms with Crippen LogP contribution in [0.25, 0.3) is 0 Å². The SMILES string of the molecule is CCNCc1cc(S(=O)(=O)NCC)ccc1Cl. The van der Waals surface area contributed by atoms with Gasteiger partial charge in [0, 0.05) is 18.1 Å². The van der Waals surface area contributed by atoms with E-state index in [9.17, 15) is 8.42 Å². The van der Waals surface area contributed by atoms with E-state index in [1.54, 1.807) is 19.1 Å². The minimum Gasteiger partial charge on any atom is -0.313 e. The van der Waals surface area contributed by atoms with Crippen molar-refractivity contribution in [3.8, 4) is 0 Å². The van der Waals surface area contributed by atoms with Gasteiger partial charge in [0.05, 0.1) is 4.90 Å². The third-order valence-electron chi connectivity index (χ3n) is 2.23. The van der Waals surface area contributed by atoms with Crippen LogP contribution in [-0.4, -0.2) is 21.5 Å². The van der Waals surface area contributed by atoms with Crippen LogP contribution in [-0.2, 0) is 16.6 Å². The Balaban J connectivity index is 3.03. The highest BCUT2D eigenvalue weighted by atomic mass is 35.5. The molecule has 0 unspecified atom stereocenters. The Bertz CT molecular complexity index is 474. The molecule has 0 saturated heterocycles. The summed E-state index contributed by atoms with van der Waals surface area (Å²) in [6, 6.07) is 4.72. The van der Waals surface area contributed by atoms with Gasteiger partial charge in [-0.25, -0.2) is 13.1 Å². The molecule has 0 radical (unpaired) electrons. The van der Waals surface area contributed by atoms with Gasteiger partial charge in [-0.15, -0.1) is 0 Å². The van der Waals surface area contributed by atoms with Gasteiger partial charge in [0.1, 0.15) is 0 Å². The van der Waals surface area contributed by atoms with E-state index in [2.05, 4.69) is 10.0 Å². The lowest BCUT2D eigenvalue weighted by atomic mass is 10.2. The molecule has 0 fully saturated rings. The van der Waals surface area contributed by atoms with E-state index in [0.717, 1.165) is 12.1 Å². The topological polar surface area (TPSA) is 58.2 Å². The standard InChI is InChI=1S/C11H17ClN2O2S/c1-3-13-8-9-7-10(5-6-11(9)12)17(15,16)14-4-2/h5-7,13-14H,3-4,8H2,1-2H3. The molecule has 6 heteroatoms. The van der Waals surface area contributed by atoms with Gasteiger partial charge >= 0.3 is 0 Å². The Labute approximate surface area is 107 Å². The first-order valence-electron chi connectivity index (χ1n) is 5.50. The molecule has 0 amide bonds. The fraction of sp³-hybridized carbons (Fsp3) is 0.455. The third-order valence-corrected chi connectivity index (χ3v) is 4.14. The molecular weight excluding hydrogens is 260 g/mol. The van der Waals surface area contributed by atoms with Crippen molar-refractivity contribution in [2.75, 3.05) is 13.1 Å². The van der Waals surface area contributed by atoms with Gasteiger partial charge in [-0.1, -0.05) is 25.4 Å². The third kappa shape index (κ3) is 3.96. The van der Waals surface area contributed by atoms with Gasteiger partial charge < -0.3 is 5.32 Å². The number of sulfonamides is 1. The van der Waals surface area contributed by atoms with Gasteiger partial charge in [-0.3, -0.25) is 0 Å². The minimum absolute atomic E-state index is 0.247. The highest BCUT2D eigenvalue weighted by molar-refractivity contribution is 7.89. The van der Waals surface area contributed by atoms with Crippen molar-refractivity contribution in [3.63, 3.8) is 0 Å². The van der Waals surface area contributed by atoms with E-state index in [0.29, 0.717) is 18.1 Å². The second-order valence-electron chi connectivity index (χ2n) is 3.53. The lowest BCUT2D eigenvalue weighted by Crippen LogP contribution is -2.23. The molecule has 0 bridgehead atoms. The monoisotopic (exact) mass is 276 g/mol. The normalized spacial score (nSPS) is 11.7. The zero-order valence-corrected chi connectivity index (χ0v) is 11.5. The lowest BCUT2D eigenvalue weighted by molar-refractivity contribution is 0.583. The average molecular weight is 277 g/mol. The highest BCUT2D eigenvalue weighted by Crippen LogP contribution is 2.20. The summed E-state index contributed by atoms with van der Waals surface area (Å²) in [5.41, 5.74) is 0.785. The molecule has 0 aliphatic rings. The molecule has 0 spiro atoms. The molecule has 17 heavy (non-hydrogen) atoms. The summed E-state index contributed by atoms with van der Waals surface area (Å²) >= 11 is 6.00. The molecule has 0 atom stereocenters. The van der Waals surface area contributed by atoms with Crippen LogP contribution in [0.1, 0.15) is 19.4 Å². The smallest absolute Gasteiger partial charge is 0.240 e. The second-order valence-corrected chi connectivity index (χ2v) is 5.71. The van der Waals surface area contributed by atoms with E-state index in [-0.39, 0.29) is 4.90 Å². The fourth-order valence-electron chi connectivity index (χ4n) is 1.39. The average Bonchev–Trinajstić information content (AvgIpc) is 2.27. The summed E-state index contributed by atoms with van der Waals surface area (Å²) in [6.07, 6.45) is 0.